The molecule has 0 saturated heterocycles. The van der Waals surface area contributed by atoms with Crippen molar-refractivity contribution >= 4 is 10.9 Å². The van der Waals surface area contributed by atoms with Crippen LogP contribution in [0.1, 0.15) is 0 Å². The van der Waals surface area contributed by atoms with Gasteiger partial charge in [0.05, 0.1) is 0 Å². The van der Waals surface area contributed by atoms with Crippen molar-refractivity contribution < 1.29 is 4.39 Å². The summed E-state index contributed by atoms with van der Waals surface area (Å²) in [7, 11) is 0. The van der Waals surface area contributed by atoms with Crippen LogP contribution in [0.4, 0.5) is 4.39 Å². The highest BCUT2D eigenvalue weighted by molar-refractivity contribution is 5.81. The Morgan fingerprint density at radius 1 is 1.00 bits per heavy atom. The van der Waals surface area contributed by atoms with Crippen LogP contribution in [0.25, 0.3) is 28.0 Å². The average Bonchev–Trinajstić information content (AvgIpc) is 3.16. The van der Waals surface area contributed by atoms with Gasteiger partial charge in [0, 0.05) is 40.7 Å². The fraction of sp³-hybridized carbons (Fsp3) is 0. The summed E-state index contributed by atoms with van der Waals surface area (Å²) in [6, 6.07) is 14.6. The molecule has 4 heteroatoms. The number of nitrogens with zero attached hydrogens (tertiary/aromatic N) is 2. The van der Waals surface area contributed by atoms with Crippen molar-refractivity contribution in [1.29, 1.82) is 0 Å². The van der Waals surface area contributed by atoms with Crippen LogP contribution in [0, 0.1) is 5.82 Å². The largest absolute Gasteiger partial charge is 0.361 e. The number of benzene rings is 2. The van der Waals surface area contributed by atoms with Crippen LogP contribution in [-0.2, 0) is 0 Å². The second kappa shape index (κ2) is 4.59. The standard InChI is InChI=1S/C17H12FN3/c18-14-3-1-12(2-4-14)17-20-9-10-21(17)15-5-6-16-13(11-15)7-8-19-16/h1-11,19H. The Morgan fingerprint density at radius 2 is 1.86 bits per heavy atom. The number of hydrogen-bond acceptors (Lipinski definition) is 1. The Hall–Kier alpha value is -2.88. The first-order valence-corrected chi connectivity index (χ1v) is 6.68. The molecule has 2 aromatic carbocycles. The molecule has 102 valence electrons. The maximum absolute atomic E-state index is 13.1. The van der Waals surface area contributed by atoms with Gasteiger partial charge in [0.2, 0.25) is 0 Å². The van der Waals surface area contributed by atoms with E-state index in [2.05, 4.69) is 16.0 Å². The smallest absolute Gasteiger partial charge is 0.144 e. The summed E-state index contributed by atoms with van der Waals surface area (Å²) in [5, 5.41) is 1.14. The van der Waals surface area contributed by atoms with Gasteiger partial charge in [-0.1, -0.05) is 0 Å². The van der Waals surface area contributed by atoms with Crippen molar-refractivity contribution in [3.05, 3.63) is 72.9 Å². The second-order valence-corrected chi connectivity index (χ2v) is 4.88. The number of aromatic nitrogens is 3. The van der Waals surface area contributed by atoms with Crippen molar-refractivity contribution in [2.75, 3.05) is 0 Å². The van der Waals surface area contributed by atoms with Gasteiger partial charge in [0.25, 0.3) is 0 Å². The molecule has 0 aliphatic heterocycles. The average molecular weight is 277 g/mol. The summed E-state index contributed by atoms with van der Waals surface area (Å²) >= 11 is 0. The van der Waals surface area contributed by atoms with E-state index in [-0.39, 0.29) is 5.82 Å². The van der Waals surface area contributed by atoms with E-state index in [0.29, 0.717) is 0 Å². The summed E-state index contributed by atoms with van der Waals surface area (Å²) in [4.78, 5) is 7.57. The minimum atomic E-state index is -0.245. The molecule has 4 aromatic rings. The summed E-state index contributed by atoms with van der Waals surface area (Å²) in [6.07, 6.45) is 5.58. The lowest BCUT2D eigenvalue weighted by molar-refractivity contribution is 0.628. The number of H-pyrrole nitrogens is 1. The van der Waals surface area contributed by atoms with Gasteiger partial charge < -0.3 is 4.98 Å². The molecule has 3 nitrogen and oxygen atoms in total. The molecular formula is C17H12FN3. The van der Waals surface area contributed by atoms with E-state index in [4.69, 9.17) is 0 Å². The van der Waals surface area contributed by atoms with E-state index in [0.717, 1.165) is 28.0 Å². The van der Waals surface area contributed by atoms with Crippen LogP contribution in [0.15, 0.2) is 67.1 Å². The van der Waals surface area contributed by atoms with Gasteiger partial charge in [-0.2, -0.15) is 0 Å². The predicted octanol–water partition coefficient (Wildman–Crippen LogP) is 4.16. The van der Waals surface area contributed by atoms with E-state index >= 15 is 0 Å². The van der Waals surface area contributed by atoms with Crippen molar-refractivity contribution in [2.24, 2.45) is 0 Å². The molecular weight excluding hydrogens is 265 g/mol. The number of imidazole rings is 1. The Morgan fingerprint density at radius 3 is 2.71 bits per heavy atom. The lowest BCUT2D eigenvalue weighted by atomic mass is 10.2. The molecule has 0 aliphatic rings. The van der Waals surface area contributed by atoms with E-state index < -0.39 is 0 Å². The van der Waals surface area contributed by atoms with Gasteiger partial charge in [0.15, 0.2) is 0 Å². The first-order chi connectivity index (χ1) is 10.3. The lowest BCUT2D eigenvalue weighted by Crippen LogP contribution is -1.96. The Kier molecular flexibility index (Phi) is 2.60. The summed E-state index contributed by atoms with van der Waals surface area (Å²) < 4.78 is 15.1. The highest BCUT2D eigenvalue weighted by Gasteiger charge is 2.08. The van der Waals surface area contributed by atoms with Crippen LogP contribution in [-0.4, -0.2) is 14.5 Å². The Balaban J connectivity index is 1.85. The molecule has 0 unspecified atom stereocenters. The molecule has 1 N–H and O–H groups in total. The van der Waals surface area contributed by atoms with Crippen molar-refractivity contribution in [3.8, 4) is 17.1 Å². The molecule has 0 atom stereocenters. The maximum Gasteiger partial charge on any atom is 0.144 e. The normalized spacial score (nSPS) is 11.1. The second-order valence-electron chi connectivity index (χ2n) is 4.88. The number of nitrogens with one attached hydrogen (secondary N) is 1. The topological polar surface area (TPSA) is 33.6 Å². The van der Waals surface area contributed by atoms with Crippen LogP contribution in [0.2, 0.25) is 0 Å². The fourth-order valence-electron chi connectivity index (χ4n) is 2.51. The molecule has 0 radical (unpaired) electrons. The molecule has 0 saturated carbocycles. The molecule has 2 aromatic heterocycles. The van der Waals surface area contributed by atoms with Crippen LogP contribution >= 0.6 is 0 Å². The molecule has 0 bridgehead atoms. The van der Waals surface area contributed by atoms with Crippen LogP contribution in [0.3, 0.4) is 0 Å². The zero-order valence-corrected chi connectivity index (χ0v) is 11.1. The molecule has 0 fully saturated rings. The van der Waals surface area contributed by atoms with Crippen molar-refractivity contribution in [3.63, 3.8) is 0 Å². The number of hydrogen-bond donors (Lipinski definition) is 1. The molecule has 0 amide bonds. The Bertz CT molecular complexity index is 903. The number of rotatable bonds is 2. The summed E-state index contributed by atoms with van der Waals surface area (Å²) in [5.74, 6) is 0.551. The highest BCUT2D eigenvalue weighted by atomic mass is 19.1. The lowest BCUT2D eigenvalue weighted by Gasteiger charge is -2.08. The first-order valence-electron chi connectivity index (χ1n) is 6.68. The maximum atomic E-state index is 13.1. The van der Waals surface area contributed by atoms with Gasteiger partial charge in [0.1, 0.15) is 11.6 Å². The monoisotopic (exact) mass is 277 g/mol. The van der Waals surface area contributed by atoms with Gasteiger partial charge in [-0.3, -0.25) is 4.57 Å². The number of fused-ring (bicyclic) bond motifs is 1. The number of halogens is 1. The predicted molar refractivity (Wildman–Crippen MR) is 80.8 cm³/mol. The highest BCUT2D eigenvalue weighted by Crippen LogP contribution is 2.24. The molecule has 21 heavy (non-hydrogen) atoms. The van der Waals surface area contributed by atoms with Crippen LogP contribution in [0.5, 0.6) is 0 Å². The van der Waals surface area contributed by atoms with E-state index in [1.807, 2.05) is 35.2 Å². The van der Waals surface area contributed by atoms with Gasteiger partial charge in [-0.25, -0.2) is 9.37 Å². The zero-order chi connectivity index (χ0) is 14.2. The molecule has 0 aliphatic carbocycles. The van der Waals surface area contributed by atoms with E-state index in [9.17, 15) is 4.39 Å². The van der Waals surface area contributed by atoms with E-state index in [1.54, 1.807) is 18.3 Å². The molecule has 4 rings (SSSR count). The number of aromatic amines is 1. The Labute approximate surface area is 120 Å². The van der Waals surface area contributed by atoms with Crippen molar-refractivity contribution in [2.45, 2.75) is 0 Å². The zero-order valence-electron chi connectivity index (χ0n) is 11.1. The summed E-state index contributed by atoms with van der Waals surface area (Å²) in [5.41, 5.74) is 3.01. The SMILES string of the molecule is Fc1ccc(-c2nccn2-c2ccc3[nH]ccc3c2)cc1. The van der Waals surface area contributed by atoms with Gasteiger partial charge in [-0.15, -0.1) is 0 Å². The third-order valence-electron chi connectivity index (χ3n) is 3.56. The minimum Gasteiger partial charge on any atom is -0.361 e. The third-order valence-corrected chi connectivity index (χ3v) is 3.56. The molecule has 0 spiro atoms. The molecule has 2 heterocycles. The quantitative estimate of drug-likeness (QED) is 0.586. The van der Waals surface area contributed by atoms with E-state index in [1.165, 1.54) is 12.1 Å². The van der Waals surface area contributed by atoms with Gasteiger partial charge in [-0.05, 0) is 48.5 Å². The first kappa shape index (κ1) is 11.9. The third kappa shape index (κ3) is 2.01. The fourth-order valence-corrected chi connectivity index (χ4v) is 2.51. The minimum absolute atomic E-state index is 0.245. The van der Waals surface area contributed by atoms with Crippen LogP contribution < -0.4 is 0 Å². The van der Waals surface area contributed by atoms with Crippen molar-refractivity contribution in [1.82, 2.24) is 14.5 Å². The van der Waals surface area contributed by atoms with Gasteiger partial charge >= 0.3 is 0 Å². The summed E-state index contributed by atoms with van der Waals surface area (Å²) in [6.45, 7) is 0.